The van der Waals surface area contributed by atoms with Crippen LogP contribution in [0.3, 0.4) is 0 Å². The molecule has 2 unspecified atom stereocenters. The molecule has 0 amide bonds. The summed E-state index contributed by atoms with van der Waals surface area (Å²) in [4.78, 5) is 7.04. The van der Waals surface area contributed by atoms with Crippen molar-refractivity contribution in [3.8, 4) is 0 Å². The molecule has 17 heavy (non-hydrogen) atoms. The quantitative estimate of drug-likeness (QED) is 0.897. The van der Waals surface area contributed by atoms with Gasteiger partial charge in [0.05, 0.1) is 5.69 Å². The molecule has 1 aliphatic heterocycles. The molecule has 1 aromatic rings. The van der Waals surface area contributed by atoms with Crippen LogP contribution in [0.15, 0.2) is 5.38 Å². The van der Waals surface area contributed by atoms with E-state index in [4.69, 9.17) is 5.73 Å². The number of nitrogens with zero attached hydrogens (tertiary/aromatic N) is 2. The lowest BCUT2D eigenvalue weighted by Crippen LogP contribution is -2.36. The molecule has 0 aromatic carbocycles. The molecule has 0 radical (unpaired) electrons. The monoisotopic (exact) mass is 251 g/mol. The number of likely N-dealkylation sites (tertiary alicyclic amines) is 1. The highest BCUT2D eigenvalue weighted by Gasteiger charge is 2.34. The highest BCUT2D eigenvalue weighted by molar-refractivity contribution is 7.13. The van der Waals surface area contributed by atoms with Gasteiger partial charge in [0, 0.05) is 24.4 Å². The number of rotatable bonds is 3. The Bertz CT molecular complexity index is 376. The van der Waals surface area contributed by atoms with Gasteiger partial charge in [-0.2, -0.15) is 0 Å². The molecule has 4 heteroatoms. The van der Waals surface area contributed by atoms with Gasteiger partial charge in [-0.25, -0.2) is 4.98 Å². The van der Waals surface area contributed by atoms with Crippen molar-refractivity contribution in [3.05, 3.63) is 11.1 Å². The van der Waals surface area contributed by atoms with Crippen LogP contribution in [0, 0.1) is 5.92 Å². The van der Waals surface area contributed by atoms with Gasteiger partial charge in [0.25, 0.3) is 0 Å². The highest BCUT2D eigenvalue weighted by atomic mass is 32.1. The fourth-order valence-electron chi connectivity index (χ4n) is 3.48. The smallest absolute Gasteiger partial charge is 0.180 e. The molecule has 3 nitrogen and oxygen atoms in total. The van der Waals surface area contributed by atoms with Gasteiger partial charge in [0.1, 0.15) is 0 Å². The molecule has 1 saturated carbocycles. The number of fused-ring (bicyclic) bond motifs is 1. The lowest BCUT2D eigenvalue weighted by atomic mass is 9.85. The van der Waals surface area contributed by atoms with Crippen LogP contribution in [-0.4, -0.2) is 29.0 Å². The third-order valence-electron chi connectivity index (χ3n) is 4.35. The van der Waals surface area contributed by atoms with E-state index in [9.17, 15) is 0 Å². The van der Waals surface area contributed by atoms with Gasteiger partial charge < -0.3 is 5.73 Å². The Morgan fingerprint density at radius 2 is 2.24 bits per heavy atom. The van der Waals surface area contributed by atoms with Crippen molar-refractivity contribution in [2.45, 2.75) is 44.6 Å². The summed E-state index contributed by atoms with van der Waals surface area (Å²) in [5.41, 5.74) is 6.84. The summed E-state index contributed by atoms with van der Waals surface area (Å²) in [5.74, 6) is 0.990. The Labute approximate surface area is 107 Å². The summed E-state index contributed by atoms with van der Waals surface area (Å²) in [5, 5.41) is 2.81. The fraction of sp³-hybridized carbons (Fsp3) is 0.769. The number of nitrogens with two attached hydrogens (primary N) is 1. The molecule has 2 aliphatic rings. The average Bonchev–Trinajstić information content (AvgIpc) is 2.93. The lowest BCUT2D eigenvalue weighted by molar-refractivity contribution is 0.184. The summed E-state index contributed by atoms with van der Waals surface area (Å²) < 4.78 is 0. The Morgan fingerprint density at radius 1 is 1.35 bits per heavy atom. The Balaban J connectivity index is 1.55. The van der Waals surface area contributed by atoms with Crippen molar-refractivity contribution in [1.29, 1.82) is 0 Å². The number of hydrogen-bond acceptors (Lipinski definition) is 4. The van der Waals surface area contributed by atoms with Crippen molar-refractivity contribution >= 4 is 16.5 Å². The molecule has 1 saturated heterocycles. The zero-order valence-corrected chi connectivity index (χ0v) is 11.1. The van der Waals surface area contributed by atoms with E-state index in [1.165, 1.54) is 50.9 Å². The zero-order chi connectivity index (χ0) is 11.7. The summed E-state index contributed by atoms with van der Waals surface area (Å²) in [6.45, 7) is 2.47. The number of hydrogen-bond donors (Lipinski definition) is 1. The van der Waals surface area contributed by atoms with Crippen LogP contribution in [0.25, 0.3) is 0 Å². The maximum Gasteiger partial charge on any atom is 0.180 e. The van der Waals surface area contributed by atoms with Gasteiger partial charge in [-0.05, 0) is 31.7 Å². The molecule has 1 aliphatic carbocycles. The van der Waals surface area contributed by atoms with Gasteiger partial charge in [0.2, 0.25) is 0 Å². The van der Waals surface area contributed by atoms with Crippen LogP contribution in [-0.2, 0) is 6.42 Å². The fourth-order valence-corrected chi connectivity index (χ4v) is 4.07. The van der Waals surface area contributed by atoms with Gasteiger partial charge >= 0.3 is 0 Å². The van der Waals surface area contributed by atoms with Crippen LogP contribution in [0.5, 0.6) is 0 Å². The van der Waals surface area contributed by atoms with Gasteiger partial charge in [0.15, 0.2) is 5.13 Å². The normalized spacial score (nSPS) is 29.4. The standard InChI is InChI=1S/C13H21N3S/c14-13-15-11(9-17-13)6-8-16-7-5-10-3-1-2-4-12(10)16/h9-10,12H,1-8H2,(H2,14,15). The number of thiazole rings is 1. The van der Waals surface area contributed by atoms with Crippen molar-refractivity contribution in [2.24, 2.45) is 5.92 Å². The lowest BCUT2D eigenvalue weighted by Gasteiger charge is -2.31. The zero-order valence-electron chi connectivity index (χ0n) is 10.3. The molecule has 1 aromatic heterocycles. The second-order valence-electron chi connectivity index (χ2n) is 5.36. The van der Waals surface area contributed by atoms with Crippen molar-refractivity contribution < 1.29 is 0 Å². The van der Waals surface area contributed by atoms with Crippen molar-refractivity contribution in [3.63, 3.8) is 0 Å². The van der Waals surface area contributed by atoms with Gasteiger partial charge in [-0.15, -0.1) is 11.3 Å². The molecule has 94 valence electrons. The minimum absolute atomic E-state index is 0.706. The molecule has 2 heterocycles. The molecular formula is C13H21N3S. The minimum atomic E-state index is 0.706. The van der Waals surface area contributed by atoms with Crippen LogP contribution in [0.4, 0.5) is 5.13 Å². The maximum absolute atomic E-state index is 5.66. The first-order chi connectivity index (χ1) is 8.33. The topological polar surface area (TPSA) is 42.1 Å². The van der Waals surface area contributed by atoms with E-state index in [0.29, 0.717) is 5.13 Å². The minimum Gasteiger partial charge on any atom is -0.375 e. The maximum atomic E-state index is 5.66. The van der Waals surface area contributed by atoms with E-state index in [0.717, 1.165) is 18.4 Å². The molecule has 3 rings (SSSR count). The Hall–Kier alpha value is -0.610. The van der Waals surface area contributed by atoms with E-state index >= 15 is 0 Å². The van der Waals surface area contributed by atoms with Gasteiger partial charge in [-0.1, -0.05) is 12.8 Å². The van der Waals surface area contributed by atoms with Crippen LogP contribution in [0.1, 0.15) is 37.8 Å². The molecule has 2 atom stereocenters. The highest BCUT2D eigenvalue weighted by Crippen LogP contribution is 2.36. The summed E-state index contributed by atoms with van der Waals surface area (Å²) in [7, 11) is 0. The van der Waals surface area contributed by atoms with Crippen molar-refractivity contribution in [2.75, 3.05) is 18.8 Å². The third kappa shape index (κ3) is 2.47. The van der Waals surface area contributed by atoms with Crippen molar-refractivity contribution in [1.82, 2.24) is 9.88 Å². The SMILES string of the molecule is Nc1nc(CCN2CCC3CCCCC32)cs1. The largest absolute Gasteiger partial charge is 0.375 e. The molecular weight excluding hydrogens is 230 g/mol. The first-order valence-corrected chi connectivity index (χ1v) is 7.65. The predicted molar refractivity (Wildman–Crippen MR) is 72.2 cm³/mol. The van der Waals surface area contributed by atoms with E-state index in [-0.39, 0.29) is 0 Å². The van der Waals surface area contributed by atoms with E-state index < -0.39 is 0 Å². The first kappa shape index (κ1) is 11.5. The van der Waals surface area contributed by atoms with Crippen LogP contribution < -0.4 is 5.73 Å². The summed E-state index contributed by atoms with van der Waals surface area (Å²) >= 11 is 1.56. The first-order valence-electron chi connectivity index (χ1n) is 6.77. The molecule has 2 N–H and O–H groups in total. The summed E-state index contributed by atoms with van der Waals surface area (Å²) in [6, 6.07) is 0.875. The molecule has 0 bridgehead atoms. The van der Waals surface area contributed by atoms with E-state index in [1.807, 2.05) is 0 Å². The average molecular weight is 251 g/mol. The molecule has 2 fully saturated rings. The van der Waals surface area contributed by atoms with Crippen LogP contribution in [0.2, 0.25) is 0 Å². The second kappa shape index (κ2) is 4.94. The predicted octanol–water partition coefficient (Wildman–Crippen LogP) is 2.53. The van der Waals surface area contributed by atoms with E-state index in [1.54, 1.807) is 11.3 Å². The second-order valence-corrected chi connectivity index (χ2v) is 6.25. The Morgan fingerprint density at radius 3 is 3.06 bits per heavy atom. The summed E-state index contributed by atoms with van der Waals surface area (Å²) in [6.07, 6.45) is 8.26. The molecule has 0 spiro atoms. The Kier molecular flexibility index (Phi) is 3.34. The van der Waals surface area contributed by atoms with E-state index in [2.05, 4.69) is 15.3 Å². The van der Waals surface area contributed by atoms with Crippen LogP contribution >= 0.6 is 11.3 Å². The third-order valence-corrected chi connectivity index (χ3v) is 5.07. The number of aromatic nitrogens is 1. The number of anilines is 1. The number of nitrogen functional groups attached to an aromatic ring is 1. The van der Waals surface area contributed by atoms with Gasteiger partial charge in [-0.3, -0.25) is 4.90 Å².